The molecule has 4 nitrogen and oxygen atoms in total. The Hall–Kier alpha value is -0.580. The van der Waals surface area contributed by atoms with Crippen LogP contribution >= 0.6 is 11.6 Å². The summed E-state index contributed by atoms with van der Waals surface area (Å²) in [6.07, 6.45) is 5.52. The van der Waals surface area contributed by atoms with E-state index in [1.54, 1.807) is 6.92 Å². The smallest absolute Gasteiger partial charge is 0.229 e. The second-order valence-corrected chi connectivity index (χ2v) is 4.81. The maximum atomic E-state index is 11.9. The minimum Gasteiger partial charge on any atom is -0.395 e. The third-order valence-electron chi connectivity index (χ3n) is 2.99. The monoisotopic (exact) mass is 246 g/mol. The highest BCUT2D eigenvalue weighted by Gasteiger charge is 2.34. The van der Waals surface area contributed by atoms with Gasteiger partial charge in [-0.15, -0.1) is 11.6 Å². The number of carbonyl (C=O) groups excluding carboxylic acids is 1. The summed E-state index contributed by atoms with van der Waals surface area (Å²) in [5.41, 5.74) is 4.96. The van der Waals surface area contributed by atoms with Crippen molar-refractivity contribution >= 4 is 17.5 Å². The van der Waals surface area contributed by atoms with Gasteiger partial charge >= 0.3 is 0 Å². The van der Waals surface area contributed by atoms with Crippen LogP contribution in [0.5, 0.6) is 0 Å². The van der Waals surface area contributed by atoms with Crippen molar-refractivity contribution in [2.45, 2.75) is 31.8 Å². The molecule has 0 spiro atoms. The molecule has 0 aromatic carbocycles. The first-order valence-electron chi connectivity index (χ1n) is 5.42. The lowest BCUT2D eigenvalue weighted by Crippen LogP contribution is -2.53. The number of alkyl halides is 1. The summed E-state index contributed by atoms with van der Waals surface area (Å²) in [5.74, 6) is -0.145. The molecule has 92 valence electrons. The van der Waals surface area contributed by atoms with E-state index >= 15 is 0 Å². The number of aliphatic hydroxyl groups is 1. The molecule has 0 saturated carbocycles. The van der Waals surface area contributed by atoms with Crippen molar-refractivity contribution in [2.24, 2.45) is 11.1 Å². The molecule has 0 heterocycles. The van der Waals surface area contributed by atoms with Gasteiger partial charge in [0, 0.05) is 18.0 Å². The molecule has 5 heteroatoms. The van der Waals surface area contributed by atoms with Crippen LogP contribution in [-0.4, -0.2) is 35.6 Å². The van der Waals surface area contributed by atoms with Crippen molar-refractivity contribution in [1.82, 2.24) is 5.32 Å². The van der Waals surface area contributed by atoms with Crippen molar-refractivity contribution in [3.8, 4) is 0 Å². The number of halogens is 1. The van der Waals surface area contributed by atoms with Crippen LogP contribution in [0.4, 0.5) is 0 Å². The highest BCUT2D eigenvalue weighted by atomic mass is 35.5. The molecule has 1 rings (SSSR count). The van der Waals surface area contributed by atoms with Gasteiger partial charge in [0.2, 0.25) is 5.91 Å². The first-order valence-corrected chi connectivity index (χ1v) is 5.95. The molecule has 0 saturated heterocycles. The van der Waals surface area contributed by atoms with Gasteiger partial charge in [-0.05, 0) is 19.8 Å². The summed E-state index contributed by atoms with van der Waals surface area (Å²) in [6.45, 7) is 1.37. The zero-order valence-corrected chi connectivity index (χ0v) is 10.2. The molecule has 16 heavy (non-hydrogen) atoms. The van der Waals surface area contributed by atoms with Crippen LogP contribution in [0.1, 0.15) is 19.8 Å². The second kappa shape index (κ2) is 5.66. The van der Waals surface area contributed by atoms with Gasteiger partial charge in [-0.3, -0.25) is 4.79 Å². The Bertz CT molecular complexity index is 277. The van der Waals surface area contributed by atoms with Gasteiger partial charge in [0.1, 0.15) is 0 Å². The molecule has 0 aromatic heterocycles. The zero-order valence-electron chi connectivity index (χ0n) is 9.45. The molecule has 1 aliphatic carbocycles. The maximum Gasteiger partial charge on any atom is 0.229 e. The van der Waals surface area contributed by atoms with E-state index in [0.717, 1.165) is 12.8 Å². The number of hydrogen-bond donors (Lipinski definition) is 3. The molecule has 0 aliphatic heterocycles. The zero-order chi connectivity index (χ0) is 12.2. The van der Waals surface area contributed by atoms with Crippen molar-refractivity contribution in [2.75, 3.05) is 12.5 Å². The van der Waals surface area contributed by atoms with Gasteiger partial charge < -0.3 is 16.2 Å². The first-order chi connectivity index (χ1) is 7.53. The van der Waals surface area contributed by atoms with Crippen LogP contribution in [0.15, 0.2) is 12.2 Å². The summed E-state index contributed by atoms with van der Waals surface area (Å²) >= 11 is 5.69. The first kappa shape index (κ1) is 13.5. The van der Waals surface area contributed by atoms with Crippen LogP contribution < -0.4 is 11.1 Å². The van der Waals surface area contributed by atoms with E-state index in [0.29, 0.717) is 0 Å². The largest absolute Gasteiger partial charge is 0.395 e. The topological polar surface area (TPSA) is 75.3 Å². The number of rotatable bonds is 4. The number of aliphatic hydroxyl groups excluding tert-OH is 1. The highest BCUT2D eigenvalue weighted by molar-refractivity contribution is 6.20. The van der Waals surface area contributed by atoms with Crippen LogP contribution in [0.25, 0.3) is 0 Å². The number of nitrogens with two attached hydrogens (primary N) is 1. The second-order valence-electron chi connectivity index (χ2n) is 4.54. The molecule has 0 fully saturated rings. The van der Waals surface area contributed by atoms with Crippen LogP contribution in [0.3, 0.4) is 0 Å². The van der Waals surface area contributed by atoms with E-state index in [9.17, 15) is 4.79 Å². The van der Waals surface area contributed by atoms with E-state index in [-0.39, 0.29) is 30.5 Å². The predicted molar refractivity (Wildman–Crippen MR) is 64.2 cm³/mol. The van der Waals surface area contributed by atoms with E-state index in [1.165, 1.54) is 0 Å². The molecular formula is C11H19ClN2O2. The average molecular weight is 247 g/mol. The summed E-state index contributed by atoms with van der Waals surface area (Å²) in [7, 11) is 0. The summed E-state index contributed by atoms with van der Waals surface area (Å²) in [6, 6.07) is -0.126. The minimum absolute atomic E-state index is 0.0628. The van der Waals surface area contributed by atoms with Gasteiger partial charge in [0.05, 0.1) is 12.0 Å². The Labute approximate surface area is 101 Å². The fourth-order valence-corrected chi connectivity index (χ4v) is 1.72. The fourth-order valence-electron chi connectivity index (χ4n) is 1.52. The Kier molecular flexibility index (Phi) is 4.77. The van der Waals surface area contributed by atoms with Gasteiger partial charge in [-0.2, -0.15) is 0 Å². The molecule has 0 aromatic rings. The average Bonchev–Trinajstić information content (AvgIpc) is 2.31. The summed E-state index contributed by atoms with van der Waals surface area (Å²) in [5, 5.41) is 12.0. The molecule has 1 unspecified atom stereocenters. The molecule has 3 atom stereocenters. The Morgan fingerprint density at radius 2 is 2.25 bits per heavy atom. The Morgan fingerprint density at radius 3 is 2.75 bits per heavy atom. The van der Waals surface area contributed by atoms with Gasteiger partial charge in [0.15, 0.2) is 0 Å². The van der Waals surface area contributed by atoms with Crippen molar-refractivity contribution in [1.29, 1.82) is 0 Å². The lowest BCUT2D eigenvalue weighted by molar-refractivity contribution is -0.131. The van der Waals surface area contributed by atoms with Gasteiger partial charge in [-0.1, -0.05) is 12.2 Å². The Morgan fingerprint density at radius 1 is 1.62 bits per heavy atom. The SMILES string of the molecule is CC(CO)(CCl)C(=O)N[C@H]1CC=CC[C@@H]1N. The minimum atomic E-state index is -0.928. The lowest BCUT2D eigenvalue weighted by atomic mass is 9.90. The standard InChI is InChI=1S/C11H19ClN2O2/c1-11(6-12,7-15)10(16)14-9-5-3-2-4-8(9)13/h2-3,8-9,15H,4-7,13H2,1H3,(H,14,16)/t8-,9-,11?/m0/s1. The third kappa shape index (κ3) is 2.97. The van der Waals surface area contributed by atoms with Crippen LogP contribution in [0.2, 0.25) is 0 Å². The van der Waals surface area contributed by atoms with Crippen molar-refractivity contribution in [3.63, 3.8) is 0 Å². The highest BCUT2D eigenvalue weighted by Crippen LogP contribution is 2.19. The quantitative estimate of drug-likeness (QED) is 0.496. The summed E-state index contributed by atoms with van der Waals surface area (Å²) in [4.78, 5) is 11.9. The van der Waals surface area contributed by atoms with E-state index in [2.05, 4.69) is 5.32 Å². The fraction of sp³-hybridized carbons (Fsp3) is 0.727. The van der Waals surface area contributed by atoms with E-state index < -0.39 is 5.41 Å². The number of nitrogens with one attached hydrogen (secondary N) is 1. The predicted octanol–water partition coefficient (Wildman–Crippen LogP) is 0.386. The Balaban J connectivity index is 2.59. The molecule has 1 amide bonds. The van der Waals surface area contributed by atoms with Gasteiger partial charge in [-0.25, -0.2) is 0 Å². The summed E-state index contributed by atoms with van der Waals surface area (Å²) < 4.78 is 0. The third-order valence-corrected chi connectivity index (χ3v) is 3.58. The molecule has 0 radical (unpaired) electrons. The van der Waals surface area contributed by atoms with E-state index in [1.807, 2.05) is 12.2 Å². The molecule has 0 bridgehead atoms. The van der Waals surface area contributed by atoms with Crippen LogP contribution in [0, 0.1) is 5.41 Å². The number of carbonyl (C=O) groups is 1. The molecule has 1 aliphatic rings. The molecular weight excluding hydrogens is 228 g/mol. The molecule has 4 N–H and O–H groups in total. The van der Waals surface area contributed by atoms with Gasteiger partial charge in [0.25, 0.3) is 0 Å². The number of hydrogen-bond acceptors (Lipinski definition) is 3. The normalized spacial score (nSPS) is 28.5. The van der Waals surface area contributed by atoms with E-state index in [4.69, 9.17) is 22.4 Å². The maximum absolute atomic E-state index is 11.9. The number of amides is 1. The van der Waals surface area contributed by atoms with Crippen LogP contribution in [-0.2, 0) is 4.79 Å². The van der Waals surface area contributed by atoms with Crippen molar-refractivity contribution < 1.29 is 9.90 Å². The lowest BCUT2D eigenvalue weighted by Gasteiger charge is -2.31. The van der Waals surface area contributed by atoms with Crippen molar-refractivity contribution in [3.05, 3.63) is 12.2 Å².